The highest BCUT2D eigenvalue weighted by Crippen LogP contribution is 2.14. The number of rotatable bonds is 4. The SMILES string of the molecule is CC(C)[C@H](CN1CCCC1=O)NC(=O)OC(C)(C)C. The molecule has 1 saturated heterocycles. The maximum absolute atomic E-state index is 11.8. The summed E-state index contributed by atoms with van der Waals surface area (Å²) in [4.78, 5) is 25.2. The van der Waals surface area contributed by atoms with Crippen molar-refractivity contribution in [1.29, 1.82) is 0 Å². The van der Waals surface area contributed by atoms with E-state index in [1.165, 1.54) is 0 Å². The van der Waals surface area contributed by atoms with Crippen LogP contribution in [0.15, 0.2) is 0 Å². The second-order valence-electron chi connectivity index (χ2n) is 6.44. The van der Waals surface area contributed by atoms with Gasteiger partial charge in [0.25, 0.3) is 0 Å². The molecule has 1 fully saturated rings. The van der Waals surface area contributed by atoms with Crippen molar-refractivity contribution in [1.82, 2.24) is 10.2 Å². The number of hydrogen-bond acceptors (Lipinski definition) is 3. The summed E-state index contributed by atoms with van der Waals surface area (Å²) in [5.41, 5.74) is -0.505. The van der Waals surface area contributed by atoms with Gasteiger partial charge >= 0.3 is 6.09 Å². The average Bonchev–Trinajstić information content (AvgIpc) is 2.60. The molecule has 1 atom stereocenters. The third-order valence-corrected chi connectivity index (χ3v) is 3.10. The van der Waals surface area contributed by atoms with Gasteiger partial charge in [-0.3, -0.25) is 4.79 Å². The van der Waals surface area contributed by atoms with Crippen molar-refractivity contribution in [3.63, 3.8) is 0 Å². The number of hydrogen-bond donors (Lipinski definition) is 1. The van der Waals surface area contributed by atoms with E-state index in [0.717, 1.165) is 13.0 Å². The molecule has 0 aromatic rings. The van der Waals surface area contributed by atoms with Crippen molar-refractivity contribution in [2.45, 2.75) is 59.1 Å². The first kappa shape index (κ1) is 15.8. The Labute approximate surface area is 115 Å². The maximum atomic E-state index is 11.8. The molecule has 0 unspecified atom stereocenters. The lowest BCUT2D eigenvalue weighted by Gasteiger charge is -2.29. The standard InChI is InChI=1S/C14H26N2O3/c1-10(2)11(9-16-8-6-7-12(16)17)15-13(18)19-14(3,4)5/h10-11H,6-9H2,1-5H3,(H,15,18)/t11-/m0/s1. The van der Waals surface area contributed by atoms with Crippen LogP contribution < -0.4 is 5.32 Å². The van der Waals surface area contributed by atoms with E-state index in [0.29, 0.717) is 13.0 Å². The molecule has 110 valence electrons. The molecule has 1 rings (SSSR count). The first-order chi connectivity index (χ1) is 8.69. The normalized spacial score (nSPS) is 17.8. The van der Waals surface area contributed by atoms with Gasteiger partial charge in [0.05, 0.1) is 6.04 Å². The smallest absolute Gasteiger partial charge is 0.407 e. The van der Waals surface area contributed by atoms with Crippen LogP contribution in [0.2, 0.25) is 0 Å². The molecule has 2 amide bonds. The van der Waals surface area contributed by atoms with Gasteiger partial charge in [0, 0.05) is 19.5 Å². The highest BCUT2D eigenvalue weighted by Gasteiger charge is 2.27. The highest BCUT2D eigenvalue weighted by atomic mass is 16.6. The Morgan fingerprint density at radius 3 is 2.47 bits per heavy atom. The van der Waals surface area contributed by atoms with E-state index < -0.39 is 11.7 Å². The molecule has 19 heavy (non-hydrogen) atoms. The first-order valence-corrected chi connectivity index (χ1v) is 6.96. The summed E-state index contributed by atoms with van der Waals surface area (Å²) >= 11 is 0. The summed E-state index contributed by atoms with van der Waals surface area (Å²) in [5.74, 6) is 0.428. The third kappa shape index (κ3) is 5.49. The molecule has 1 heterocycles. The summed E-state index contributed by atoms with van der Waals surface area (Å²) in [5, 5.41) is 2.87. The van der Waals surface area contributed by atoms with Crippen LogP contribution in [0, 0.1) is 5.92 Å². The quantitative estimate of drug-likeness (QED) is 0.851. The Balaban J connectivity index is 2.53. The van der Waals surface area contributed by atoms with Crippen molar-refractivity contribution in [2.24, 2.45) is 5.92 Å². The fourth-order valence-corrected chi connectivity index (χ4v) is 2.02. The molecular formula is C14H26N2O3. The number of likely N-dealkylation sites (tertiary alicyclic amines) is 1. The third-order valence-electron chi connectivity index (χ3n) is 3.10. The molecule has 0 spiro atoms. The topological polar surface area (TPSA) is 58.6 Å². The van der Waals surface area contributed by atoms with Gasteiger partial charge in [-0.05, 0) is 33.1 Å². The first-order valence-electron chi connectivity index (χ1n) is 6.96. The van der Waals surface area contributed by atoms with E-state index in [-0.39, 0.29) is 17.9 Å². The molecule has 5 heteroatoms. The lowest BCUT2D eigenvalue weighted by Crippen LogP contribution is -2.48. The largest absolute Gasteiger partial charge is 0.444 e. The predicted molar refractivity (Wildman–Crippen MR) is 73.8 cm³/mol. The van der Waals surface area contributed by atoms with Crippen molar-refractivity contribution >= 4 is 12.0 Å². The molecule has 1 N–H and O–H groups in total. The summed E-state index contributed by atoms with van der Waals surface area (Å²) < 4.78 is 5.26. The number of nitrogens with zero attached hydrogens (tertiary/aromatic N) is 1. The molecule has 0 saturated carbocycles. The molecule has 0 bridgehead atoms. The van der Waals surface area contributed by atoms with Crippen LogP contribution in [0.25, 0.3) is 0 Å². The Hall–Kier alpha value is -1.26. The molecule has 5 nitrogen and oxygen atoms in total. The van der Waals surface area contributed by atoms with Crippen molar-refractivity contribution in [3.8, 4) is 0 Å². The van der Waals surface area contributed by atoms with Crippen LogP contribution in [-0.4, -0.2) is 41.6 Å². The highest BCUT2D eigenvalue weighted by molar-refractivity contribution is 5.78. The predicted octanol–water partition coefficient (Wildman–Crippen LogP) is 2.16. The van der Waals surface area contributed by atoms with Gasteiger partial charge in [0.2, 0.25) is 5.91 Å². The second-order valence-corrected chi connectivity index (χ2v) is 6.44. The minimum atomic E-state index is -0.505. The lowest BCUT2D eigenvalue weighted by molar-refractivity contribution is -0.128. The Kier molecular flexibility index (Phi) is 5.20. The van der Waals surface area contributed by atoms with Crippen LogP contribution in [0.5, 0.6) is 0 Å². The molecule has 0 aromatic heterocycles. The van der Waals surface area contributed by atoms with E-state index >= 15 is 0 Å². The van der Waals surface area contributed by atoms with Crippen molar-refractivity contribution in [3.05, 3.63) is 0 Å². The molecule has 0 radical (unpaired) electrons. The van der Waals surface area contributed by atoms with E-state index in [1.54, 1.807) is 0 Å². The number of carbonyl (C=O) groups excluding carboxylic acids is 2. The van der Waals surface area contributed by atoms with E-state index in [9.17, 15) is 9.59 Å². The Bertz CT molecular complexity index is 334. The van der Waals surface area contributed by atoms with Crippen LogP contribution in [0.4, 0.5) is 4.79 Å². The zero-order valence-corrected chi connectivity index (χ0v) is 12.7. The van der Waals surface area contributed by atoms with Crippen LogP contribution in [0.1, 0.15) is 47.5 Å². The van der Waals surface area contributed by atoms with Gasteiger partial charge in [-0.25, -0.2) is 4.79 Å². The van der Waals surface area contributed by atoms with E-state index in [4.69, 9.17) is 4.74 Å². The zero-order valence-electron chi connectivity index (χ0n) is 12.7. The monoisotopic (exact) mass is 270 g/mol. The van der Waals surface area contributed by atoms with Gasteiger partial charge in [0.15, 0.2) is 0 Å². The zero-order chi connectivity index (χ0) is 14.6. The van der Waals surface area contributed by atoms with Gasteiger partial charge in [-0.1, -0.05) is 13.8 Å². The lowest BCUT2D eigenvalue weighted by atomic mass is 10.0. The Morgan fingerprint density at radius 1 is 1.42 bits per heavy atom. The van der Waals surface area contributed by atoms with Gasteiger partial charge in [-0.2, -0.15) is 0 Å². The number of ether oxygens (including phenoxy) is 1. The molecular weight excluding hydrogens is 244 g/mol. The minimum absolute atomic E-state index is 0.0723. The maximum Gasteiger partial charge on any atom is 0.407 e. The van der Waals surface area contributed by atoms with Gasteiger partial charge in [0.1, 0.15) is 5.60 Å². The van der Waals surface area contributed by atoms with Crippen LogP contribution in [0.3, 0.4) is 0 Å². The van der Waals surface area contributed by atoms with Crippen molar-refractivity contribution < 1.29 is 14.3 Å². The molecule has 0 aliphatic carbocycles. The van der Waals surface area contributed by atoms with Gasteiger partial charge < -0.3 is 15.0 Å². The summed E-state index contributed by atoms with van der Waals surface area (Å²) in [6, 6.07) is -0.0723. The fourth-order valence-electron chi connectivity index (χ4n) is 2.02. The summed E-state index contributed by atoms with van der Waals surface area (Å²) in [7, 11) is 0. The Morgan fingerprint density at radius 2 is 2.05 bits per heavy atom. The van der Waals surface area contributed by atoms with Gasteiger partial charge in [-0.15, -0.1) is 0 Å². The summed E-state index contributed by atoms with van der Waals surface area (Å²) in [6.45, 7) is 10.9. The fraction of sp³-hybridized carbons (Fsp3) is 0.857. The average molecular weight is 270 g/mol. The molecule has 0 aromatic carbocycles. The van der Waals surface area contributed by atoms with Crippen LogP contribution in [-0.2, 0) is 9.53 Å². The number of alkyl carbamates (subject to hydrolysis) is 1. The van der Waals surface area contributed by atoms with Crippen LogP contribution >= 0.6 is 0 Å². The molecule has 1 aliphatic heterocycles. The second kappa shape index (κ2) is 6.26. The summed E-state index contributed by atoms with van der Waals surface area (Å²) in [6.07, 6.45) is 1.12. The molecule has 1 aliphatic rings. The van der Waals surface area contributed by atoms with E-state index in [2.05, 4.69) is 5.32 Å². The van der Waals surface area contributed by atoms with Crippen molar-refractivity contribution in [2.75, 3.05) is 13.1 Å². The number of nitrogens with one attached hydrogen (secondary N) is 1. The number of amides is 2. The number of carbonyl (C=O) groups is 2. The minimum Gasteiger partial charge on any atom is -0.444 e. The van der Waals surface area contributed by atoms with E-state index in [1.807, 2.05) is 39.5 Å².